The summed E-state index contributed by atoms with van der Waals surface area (Å²) in [4.78, 5) is 11.6. The molecule has 6 nitrogen and oxygen atoms in total. The maximum absolute atomic E-state index is 13.2. The molecule has 1 aromatic carbocycles. The minimum absolute atomic E-state index is 0.0234. The summed E-state index contributed by atoms with van der Waals surface area (Å²) >= 11 is 0. The zero-order valence-corrected chi connectivity index (χ0v) is 12.5. The summed E-state index contributed by atoms with van der Waals surface area (Å²) in [7, 11) is -3.55. The predicted octanol–water partition coefficient (Wildman–Crippen LogP) is 2.54. The topological polar surface area (TPSA) is 84.5 Å². The fraction of sp³-hybridized carbons (Fsp3) is 0.417. The van der Waals surface area contributed by atoms with Crippen LogP contribution < -0.4 is 10.0 Å². The van der Waals surface area contributed by atoms with Gasteiger partial charge < -0.3 is 4.74 Å². The van der Waals surface area contributed by atoms with Crippen LogP contribution >= 0.6 is 0 Å². The van der Waals surface area contributed by atoms with Crippen LogP contribution in [0, 0.1) is 5.82 Å². The Bertz CT molecular complexity index is 608. The molecule has 0 saturated carbocycles. The van der Waals surface area contributed by atoms with Crippen molar-refractivity contribution in [3.63, 3.8) is 0 Å². The van der Waals surface area contributed by atoms with E-state index in [4.69, 9.17) is 4.74 Å². The summed E-state index contributed by atoms with van der Waals surface area (Å²) in [6.07, 6.45) is 0.146. The molecule has 0 atom stereocenters. The highest BCUT2D eigenvalue weighted by molar-refractivity contribution is 7.92. The van der Waals surface area contributed by atoms with Gasteiger partial charge in [-0.2, -0.15) is 0 Å². The summed E-state index contributed by atoms with van der Waals surface area (Å²) in [6.45, 7) is 5.02. The largest absolute Gasteiger partial charge is 0.444 e. The molecule has 0 radical (unpaired) electrons. The van der Waals surface area contributed by atoms with E-state index in [2.05, 4.69) is 10.0 Å². The van der Waals surface area contributed by atoms with E-state index in [1.165, 1.54) is 6.07 Å². The molecule has 0 spiro atoms. The molecule has 0 bridgehead atoms. The molecule has 1 amide bonds. The van der Waals surface area contributed by atoms with Gasteiger partial charge in [-0.05, 0) is 39.0 Å². The molecular formula is C12H17FN2O4S. The van der Waals surface area contributed by atoms with Crippen molar-refractivity contribution >= 4 is 27.5 Å². The van der Waals surface area contributed by atoms with Crippen LogP contribution in [0.25, 0.3) is 0 Å². The van der Waals surface area contributed by atoms with Crippen molar-refractivity contribution in [2.45, 2.75) is 26.4 Å². The predicted molar refractivity (Wildman–Crippen MR) is 74.7 cm³/mol. The Hall–Kier alpha value is -1.83. The first kappa shape index (κ1) is 16.2. The van der Waals surface area contributed by atoms with E-state index in [0.717, 1.165) is 18.4 Å². The smallest absolute Gasteiger partial charge is 0.412 e. The van der Waals surface area contributed by atoms with Crippen molar-refractivity contribution in [3.05, 3.63) is 24.0 Å². The van der Waals surface area contributed by atoms with Gasteiger partial charge in [0.25, 0.3) is 0 Å². The number of nitrogens with one attached hydrogen (secondary N) is 2. The standard InChI is InChI=1S/C12H17FN2O4S/c1-12(2,3)19-11(16)14-10-7-8(13)5-6-9(10)15-20(4,17)18/h5-7,15H,1-4H3,(H,14,16). The molecule has 0 aliphatic rings. The third kappa shape index (κ3) is 5.87. The first-order chi connectivity index (χ1) is 8.96. The van der Waals surface area contributed by atoms with E-state index < -0.39 is 27.5 Å². The molecule has 0 heterocycles. The summed E-state index contributed by atoms with van der Waals surface area (Å²) < 4.78 is 42.8. The van der Waals surface area contributed by atoms with Crippen molar-refractivity contribution in [1.29, 1.82) is 0 Å². The van der Waals surface area contributed by atoms with Gasteiger partial charge in [-0.15, -0.1) is 0 Å². The van der Waals surface area contributed by atoms with Gasteiger partial charge in [-0.1, -0.05) is 0 Å². The molecule has 1 aromatic rings. The van der Waals surface area contributed by atoms with Crippen LogP contribution in [0.4, 0.5) is 20.6 Å². The van der Waals surface area contributed by atoms with Gasteiger partial charge in [0, 0.05) is 0 Å². The average Bonchev–Trinajstić information content (AvgIpc) is 2.17. The van der Waals surface area contributed by atoms with E-state index in [-0.39, 0.29) is 11.4 Å². The van der Waals surface area contributed by atoms with Gasteiger partial charge >= 0.3 is 6.09 Å². The second kappa shape index (κ2) is 5.66. The van der Waals surface area contributed by atoms with E-state index in [9.17, 15) is 17.6 Å². The fourth-order valence-corrected chi connectivity index (χ4v) is 1.90. The van der Waals surface area contributed by atoms with Gasteiger partial charge in [0.15, 0.2) is 0 Å². The number of hydrogen-bond donors (Lipinski definition) is 2. The minimum Gasteiger partial charge on any atom is -0.444 e. The summed E-state index contributed by atoms with van der Waals surface area (Å²) in [5, 5.41) is 2.30. The average molecular weight is 304 g/mol. The van der Waals surface area contributed by atoms with Crippen LogP contribution in [0.3, 0.4) is 0 Å². The van der Waals surface area contributed by atoms with Crippen LogP contribution in [0.5, 0.6) is 0 Å². The molecular weight excluding hydrogens is 287 g/mol. The van der Waals surface area contributed by atoms with Crippen LogP contribution in [-0.4, -0.2) is 26.4 Å². The number of halogens is 1. The Morgan fingerprint density at radius 1 is 1.25 bits per heavy atom. The van der Waals surface area contributed by atoms with Gasteiger partial charge in [0.1, 0.15) is 11.4 Å². The van der Waals surface area contributed by atoms with E-state index in [0.29, 0.717) is 0 Å². The number of amides is 1. The molecule has 8 heteroatoms. The number of ether oxygens (including phenoxy) is 1. The van der Waals surface area contributed by atoms with Crippen molar-refractivity contribution in [3.8, 4) is 0 Å². The third-order valence-electron chi connectivity index (χ3n) is 1.91. The van der Waals surface area contributed by atoms with E-state index in [1.54, 1.807) is 20.8 Å². The minimum atomic E-state index is -3.55. The normalized spacial score (nSPS) is 11.8. The van der Waals surface area contributed by atoms with E-state index in [1.807, 2.05) is 0 Å². The molecule has 2 N–H and O–H groups in total. The Labute approximate surface area is 117 Å². The monoisotopic (exact) mass is 304 g/mol. The van der Waals surface area contributed by atoms with Crippen LogP contribution in [0.15, 0.2) is 18.2 Å². The fourth-order valence-electron chi connectivity index (χ4n) is 1.32. The van der Waals surface area contributed by atoms with Crippen LogP contribution in [0.2, 0.25) is 0 Å². The van der Waals surface area contributed by atoms with Crippen LogP contribution in [-0.2, 0) is 14.8 Å². The van der Waals surface area contributed by atoms with E-state index >= 15 is 0 Å². The molecule has 0 aromatic heterocycles. The number of rotatable bonds is 3. The quantitative estimate of drug-likeness (QED) is 0.898. The summed E-state index contributed by atoms with van der Waals surface area (Å²) in [5.74, 6) is -0.616. The van der Waals surface area contributed by atoms with Gasteiger partial charge in [-0.3, -0.25) is 10.0 Å². The molecule has 20 heavy (non-hydrogen) atoms. The van der Waals surface area contributed by atoms with Crippen molar-refractivity contribution in [2.75, 3.05) is 16.3 Å². The molecule has 0 unspecified atom stereocenters. The maximum Gasteiger partial charge on any atom is 0.412 e. The van der Waals surface area contributed by atoms with Gasteiger partial charge in [-0.25, -0.2) is 17.6 Å². The second-order valence-corrected chi connectivity index (χ2v) is 6.94. The SMILES string of the molecule is CC(C)(C)OC(=O)Nc1cc(F)ccc1NS(C)(=O)=O. The number of carbonyl (C=O) groups is 1. The van der Waals surface area contributed by atoms with Crippen molar-refractivity contribution in [2.24, 2.45) is 0 Å². The molecule has 1 rings (SSSR count). The van der Waals surface area contributed by atoms with Gasteiger partial charge in [0.05, 0.1) is 17.6 Å². The Kier molecular flexibility index (Phi) is 4.59. The Balaban J connectivity index is 2.98. The second-order valence-electron chi connectivity index (χ2n) is 5.19. The lowest BCUT2D eigenvalue weighted by Crippen LogP contribution is -2.27. The van der Waals surface area contributed by atoms with Crippen molar-refractivity contribution < 1.29 is 22.3 Å². The molecule has 0 fully saturated rings. The number of hydrogen-bond acceptors (Lipinski definition) is 4. The summed E-state index contributed by atoms with van der Waals surface area (Å²) in [6, 6.07) is 3.29. The number of carbonyl (C=O) groups excluding carboxylic acids is 1. The number of benzene rings is 1. The highest BCUT2D eigenvalue weighted by atomic mass is 32.2. The van der Waals surface area contributed by atoms with Gasteiger partial charge in [0.2, 0.25) is 10.0 Å². The number of anilines is 2. The lowest BCUT2D eigenvalue weighted by Gasteiger charge is -2.20. The highest BCUT2D eigenvalue weighted by Gasteiger charge is 2.18. The maximum atomic E-state index is 13.2. The Morgan fingerprint density at radius 3 is 2.35 bits per heavy atom. The Morgan fingerprint density at radius 2 is 1.85 bits per heavy atom. The van der Waals surface area contributed by atoms with Crippen LogP contribution in [0.1, 0.15) is 20.8 Å². The first-order valence-electron chi connectivity index (χ1n) is 5.74. The lowest BCUT2D eigenvalue weighted by molar-refractivity contribution is 0.0636. The zero-order chi connectivity index (χ0) is 15.6. The van der Waals surface area contributed by atoms with Crippen molar-refractivity contribution in [1.82, 2.24) is 0 Å². The lowest BCUT2D eigenvalue weighted by atomic mass is 10.2. The zero-order valence-electron chi connectivity index (χ0n) is 11.7. The highest BCUT2D eigenvalue weighted by Crippen LogP contribution is 2.24. The number of sulfonamides is 1. The molecule has 0 aliphatic heterocycles. The first-order valence-corrected chi connectivity index (χ1v) is 7.63. The molecule has 0 aliphatic carbocycles. The third-order valence-corrected chi connectivity index (χ3v) is 2.50. The summed E-state index contributed by atoms with van der Waals surface area (Å²) in [5.41, 5.74) is -0.689. The molecule has 0 saturated heterocycles. The molecule has 112 valence electrons.